The van der Waals surface area contributed by atoms with Crippen LogP contribution in [0.25, 0.3) is 0 Å². The van der Waals surface area contributed by atoms with Gasteiger partial charge in [-0.05, 0) is 110 Å². The molecule has 0 aliphatic heterocycles. The highest BCUT2D eigenvalue weighted by Gasteiger charge is 2.29. The van der Waals surface area contributed by atoms with E-state index < -0.39 is 11.6 Å². The zero-order valence-electron chi connectivity index (χ0n) is 24.3. The molecule has 0 N–H and O–H groups in total. The highest BCUT2D eigenvalue weighted by molar-refractivity contribution is 5.32. The van der Waals surface area contributed by atoms with Gasteiger partial charge in [0.05, 0.1) is 6.61 Å². The molecule has 2 fully saturated rings. The molecule has 216 valence electrons. The summed E-state index contributed by atoms with van der Waals surface area (Å²) >= 11 is 0. The molecule has 1 nitrogen and oxygen atoms in total. The second kappa shape index (κ2) is 15.1. The lowest BCUT2D eigenvalue weighted by Crippen LogP contribution is -2.17. The zero-order valence-corrected chi connectivity index (χ0v) is 24.3. The predicted molar refractivity (Wildman–Crippen MR) is 155 cm³/mol. The number of rotatable bonds is 13. The van der Waals surface area contributed by atoms with Crippen LogP contribution in [-0.2, 0) is 6.42 Å². The largest absolute Gasteiger partial charge is 0.491 e. The quantitative estimate of drug-likeness (QED) is 0.229. The predicted octanol–water partition coefficient (Wildman–Crippen LogP) is 11.0. The summed E-state index contributed by atoms with van der Waals surface area (Å²) in [5.74, 6) is 0.361. The molecule has 0 spiro atoms. The Labute approximate surface area is 234 Å². The van der Waals surface area contributed by atoms with E-state index in [2.05, 4.69) is 13.8 Å². The van der Waals surface area contributed by atoms with Gasteiger partial charge >= 0.3 is 0 Å². The number of hydrogen-bond donors (Lipinski definition) is 0. The Morgan fingerprint density at radius 3 is 1.92 bits per heavy atom. The fraction of sp³-hybridized carbons (Fsp3) is 0.657. The van der Waals surface area contributed by atoms with Gasteiger partial charge in [0.1, 0.15) is 0 Å². The van der Waals surface area contributed by atoms with E-state index in [1.54, 1.807) is 12.1 Å². The number of aryl methyl sites for hydroxylation is 1. The van der Waals surface area contributed by atoms with Crippen molar-refractivity contribution in [1.82, 2.24) is 0 Å². The van der Waals surface area contributed by atoms with E-state index in [4.69, 9.17) is 4.74 Å². The molecule has 0 saturated heterocycles. The summed E-state index contributed by atoms with van der Waals surface area (Å²) in [7, 11) is 0. The van der Waals surface area contributed by atoms with E-state index >= 15 is 8.78 Å². The van der Waals surface area contributed by atoms with Crippen LogP contribution < -0.4 is 4.74 Å². The number of halogens is 3. The average Bonchev–Trinajstić information content (AvgIpc) is 2.95. The third-order valence-corrected chi connectivity index (χ3v) is 9.48. The van der Waals surface area contributed by atoms with Crippen molar-refractivity contribution < 1.29 is 17.9 Å². The molecule has 0 amide bonds. The van der Waals surface area contributed by atoms with Crippen LogP contribution in [0.15, 0.2) is 30.3 Å². The molecule has 0 unspecified atom stereocenters. The van der Waals surface area contributed by atoms with Gasteiger partial charge in [0.25, 0.3) is 0 Å². The number of unbranched alkanes of at least 4 members (excludes halogenated alkanes) is 5. The van der Waals surface area contributed by atoms with Crippen LogP contribution in [0.2, 0.25) is 0 Å². The van der Waals surface area contributed by atoms with Crippen LogP contribution in [0.4, 0.5) is 13.2 Å². The zero-order chi connectivity index (χ0) is 27.6. The minimum atomic E-state index is -0.608. The smallest absolute Gasteiger partial charge is 0.165 e. The Kier molecular flexibility index (Phi) is 11.6. The number of hydrogen-bond acceptors (Lipinski definition) is 1. The molecule has 39 heavy (non-hydrogen) atoms. The molecular formula is C35H49F3O. The summed E-state index contributed by atoms with van der Waals surface area (Å²) in [6, 6.07) is 9.12. The third kappa shape index (κ3) is 8.51. The van der Waals surface area contributed by atoms with Crippen LogP contribution in [0.5, 0.6) is 5.75 Å². The molecule has 0 radical (unpaired) electrons. The summed E-state index contributed by atoms with van der Waals surface area (Å²) < 4.78 is 50.5. The van der Waals surface area contributed by atoms with E-state index in [0.717, 1.165) is 82.6 Å². The first-order chi connectivity index (χ1) is 19.0. The summed E-state index contributed by atoms with van der Waals surface area (Å²) in [4.78, 5) is 0. The second-order valence-electron chi connectivity index (χ2n) is 12.5. The van der Waals surface area contributed by atoms with Gasteiger partial charge in [0.2, 0.25) is 0 Å². The fourth-order valence-corrected chi connectivity index (χ4v) is 6.80. The molecule has 0 atom stereocenters. The number of ether oxygens (including phenoxy) is 1. The minimum absolute atomic E-state index is 0.0942. The van der Waals surface area contributed by atoms with Crippen LogP contribution in [0, 0.1) is 29.3 Å². The van der Waals surface area contributed by atoms with E-state index in [-0.39, 0.29) is 17.7 Å². The van der Waals surface area contributed by atoms with Gasteiger partial charge in [0, 0.05) is 0 Å². The third-order valence-electron chi connectivity index (χ3n) is 9.48. The normalized spacial score (nSPS) is 23.6. The first-order valence-electron chi connectivity index (χ1n) is 15.8. The monoisotopic (exact) mass is 542 g/mol. The first-order valence-corrected chi connectivity index (χ1v) is 15.8. The van der Waals surface area contributed by atoms with E-state index in [0.29, 0.717) is 35.3 Å². The van der Waals surface area contributed by atoms with Gasteiger partial charge < -0.3 is 4.74 Å². The molecule has 4 rings (SSSR count). The maximum Gasteiger partial charge on any atom is 0.165 e. The van der Waals surface area contributed by atoms with Crippen molar-refractivity contribution in [3.63, 3.8) is 0 Å². The lowest BCUT2D eigenvalue weighted by Gasteiger charge is -2.30. The first kappa shape index (κ1) is 30.0. The van der Waals surface area contributed by atoms with Crippen LogP contribution in [0.1, 0.15) is 139 Å². The van der Waals surface area contributed by atoms with Gasteiger partial charge in [-0.1, -0.05) is 77.0 Å². The summed E-state index contributed by atoms with van der Waals surface area (Å²) in [5, 5.41) is 0. The topological polar surface area (TPSA) is 9.23 Å². The highest BCUT2D eigenvalue weighted by Crippen LogP contribution is 2.42. The molecule has 2 aliphatic carbocycles. The lowest BCUT2D eigenvalue weighted by atomic mass is 9.75. The van der Waals surface area contributed by atoms with Crippen LogP contribution in [0.3, 0.4) is 0 Å². The van der Waals surface area contributed by atoms with Gasteiger partial charge in [-0.3, -0.25) is 0 Å². The van der Waals surface area contributed by atoms with Crippen LogP contribution in [-0.4, -0.2) is 6.61 Å². The summed E-state index contributed by atoms with van der Waals surface area (Å²) in [6.45, 7) is 5.02. The summed E-state index contributed by atoms with van der Waals surface area (Å²) in [6.07, 6.45) is 16.9. The minimum Gasteiger partial charge on any atom is -0.491 e. The second-order valence-corrected chi connectivity index (χ2v) is 12.5. The maximum absolute atomic E-state index is 15.2. The molecule has 4 heteroatoms. The Morgan fingerprint density at radius 2 is 1.31 bits per heavy atom. The van der Waals surface area contributed by atoms with Crippen molar-refractivity contribution in [2.24, 2.45) is 11.8 Å². The van der Waals surface area contributed by atoms with Crippen molar-refractivity contribution >= 4 is 0 Å². The maximum atomic E-state index is 15.2. The van der Waals surface area contributed by atoms with Crippen molar-refractivity contribution in [2.45, 2.75) is 128 Å². The van der Waals surface area contributed by atoms with Crippen LogP contribution >= 0.6 is 0 Å². The SMILES string of the molecule is CCCCCCCCOc1ccc(CCC2CCC(c3ccc(C4CCC(C)CC4)c(F)c3F)CC2)cc1F. The van der Waals surface area contributed by atoms with Gasteiger partial charge in [-0.15, -0.1) is 0 Å². The van der Waals surface area contributed by atoms with Gasteiger partial charge in [-0.2, -0.15) is 0 Å². The fourth-order valence-electron chi connectivity index (χ4n) is 6.80. The van der Waals surface area contributed by atoms with E-state index in [1.807, 2.05) is 18.2 Å². The Morgan fingerprint density at radius 1 is 0.718 bits per heavy atom. The molecule has 2 aromatic carbocycles. The Balaban J connectivity index is 1.20. The van der Waals surface area contributed by atoms with E-state index in [9.17, 15) is 4.39 Å². The van der Waals surface area contributed by atoms with Crippen molar-refractivity contribution in [1.29, 1.82) is 0 Å². The van der Waals surface area contributed by atoms with Crippen molar-refractivity contribution in [3.8, 4) is 5.75 Å². The Hall–Kier alpha value is -1.97. The number of benzene rings is 2. The summed E-state index contributed by atoms with van der Waals surface area (Å²) in [5.41, 5.74) is 2.16. The molecule has 0 aromatic heterocycles. The average molecular weight is 543 g/mol. The van der Waals surface area contributed by atoms with Crippen molar-refractivity contribution in [2.75, 3.05) is 6.61 Å². The van der Waals surface area contributed by atoms with Crippen molar-refractivity contribution in [3.05, 3.63) is 64.5 Å². The highest BCUT2D eigenvalue weighted by atomic mass is 19.2. The molecule has 0 bridgehead atoms. The Bertz CT molecular complexity index is 1020. The molecule has 2 aromatic rings. The van der Waals surface area contributed by atoms with Gasteiger partial charge in [0.15, 0.2) is 23.2 Å². The molecular weight excluding hydrogens is 493 g/mol. The lowest BCUT2D eigenvalue weighted by molar-refractivity contribution is 0.289. The molecule has 2 saturated carbocycles. The van der Waals surface area contributed by atoms with Gasteiger partial charge in [-0.25, -0.2) is 13.2 Å². The van der Waals surface area contributed by atoms with E-state index in [1.165, 1.54) is 25.7 Å². The molecule has 2 aliphatic rings. The standard InChI is InChI=1S/C35H49F3O/c1-3-4-5-6-7-8-23-39-33-22-15-27(24-32(33)36)12-11-26-13-18-29(19-14-26)31-21-20-30(34(37)35(31)38)28-16-9-25(2)10-17-28/h15,20-22,24-26,28-29H,3-14,16-19,23H2,1-2H3. The molecule has 0 heterocycles.